The van der Waals surface area contributed by atoms with E-state index in [1.54, 1.807) is 0 Å². The monoisotopic (exact) mass is 270 g/mol. The molecule has 4 nitrogen and oxygen atoms in total. The molecule has 1 aromatic heterocycles. The highest BCUT2D eigenvalue weighted by Crippen LogP contribution is 2.37. The van der Waals surface area contributed by atoms with Crippen LogP contribution in [0.5, 0.6) is 0 Å². The molecular weight excluding hydrogens is 261 g/mol. The first-order chi connectivity index (χ1) is 8.80. The molecule has 0 spiro atoms. The van der Waals surface area contributed by atoms with Crippen LogP contribution >= 0.6 is 0 Å². The van der Waals surface area contributed by atoms with Gasteiger partial charge in [0, 0.05) is 11.3 Å². The smallest absolute Gasteiger partial charge is 0.420 e. The van der Waals surface area contributed by atoms with Gasteiger partial charge in [0.1, 0.15) is 11.3 Å². The van der Waals surface area contributed by atoms with Gasteiger partial charge in [-0.05, 0) is 19.1 Å². The minimum atomic E-state index is -4.52. The Morgan fingerprint density at radius 1 is 1.26 bits per heavy atom. The number of benzene rings is 1. The summed E-state index contributed by atoms with van der Waals surface area (Å²) in [4.78, 5) is 10.7. The number of aromatic carboxylic acids is 1. The molecule has 0 aliphatic rings. The standard InChI is InChI=1S/C12H9F3N2O2/c1-6-9(12(13,14)15)10(17-16-6)7-2-4-8(5-3-7)11(18)19/h2-5H,1H3,(H,16,17)(H,18,19). The molecule has 0 bridgehead atoms. The molecule has 0 atom stereocenters. The highest BCUT2D eigenvalue weighted by atomic mass is 19.4. The van der Waals surface area contributed by atoms with Crippen molar-refractivity contribution in [2.45, 2.75) is 13.1 Å². The lowest BCUT2D eigenvalue weighted by molar-refractivity contribution is -0.137. The summed E-state index contributed by atoms with van der Waals surface area (Å²) in [7, 11) is 0. The molecule has 7 heteroatoms. The van der Waals surface area contributed by atoms with Crippen molar-refractivity contribution in [3.63, 3.8) is 0 Å². The molecule has 1 aromatic carbocycles. The predicted octanol–water partition coefficient (Wildman–Crippen LogP) is 3.10. The van der Waals surface area contributed by atoms with E-state index in [2.05, 4.69) is 10.2 Å². The van der Waals surface area contributed by atoms with Crippen LogP contribution in [0.15, 0.2) is 24.3 Å². The summed E-state index contributed by atoms with van der Waals surface area (Å²) >= 11 is 0. The third-order valence-corrected chi connectivity index (χ3v) is 2.64. The zero-order valence-electron chi connectivity index (χ0n) is 9.75. The van der Waals surface area contributed by atoms with Gasteiger partial charge in [0.05, 0.1) is 5.56 Å². The van der Waals surface area contributed by atoms with Crippen LogP contribution in [-0.4, -0.2) is 21.3 Å². The number of carboxylic acid groups (broad SMARTS) is 1. The SMILES string of the molecule is Cc1[nH]nc(-c2ccc(C(=O)O)cc2)c1C(F)(F)F. The number of carboxylic acids is 1. The fraction of sp³-hybridized carbons (Fsp3) is 0.167. The Kier molecular flexibility index (Phi) is 3.05. The second kappa shape index (κ2) is 4.42. The Labute approximate surface area is 105 Å². The van der Waals surface area contributed by atoms with Crippen molar-refractivity contribution >= 4 is 5.97 Å². The number of aromatic amines is 1. The van der Waals surface area contributed by atoms with E-state index >= 15 is 0 Å². The van der Waals surface area contributed by atoms with Crippen LogP contribution in [0.1, 0.15) is 21.6 Å². The molecule has 19 heavy (non-hydrogen) atoms. The van der Waals surface area contributed by atoms with Crippen molar-refractivity contribution in [3.05, 3.63) is 41.1 Å². The summed E-state index contributed by atoms with van der Waals surface area (Å²) in [6.07, 6.45) is -4.52. The van der Waals surface area contributed by atoms with E-state index in [9.17, 15) is 18.0 Å². The molecule has 0 saturated carbocycles. The lowest BCUT2D eigenvalue weighted by Gasteiger charge is -2.08. The Bertz CT molecular complexity index is 615. The van der Waals surface area contributed by atoms with Crippen LogP contribution in [0.25, 0.3) is 11.3 Å². The van der Waals surface area contributed by atoms with Crippen molar-refractivity contribution < 1.29 is 23.1 Å². The number of aryl methyl sites for hydroxylation is 1. The normalized spacial score (nSPS) is 11.6. The predicted molar refractivity (Wildman–Crippen MR) is 60.7 cm³/mol. The van der Waals surface area contributed by atoms with Crippen molar-refractivity contribution in [1.29, 1.82) is 0 Å². The molecule has 0 amide bonds. The molecule has 0 fully saturated rings. The second-order valence-electron chi connectivity index (χ2n) is 3.95. The Balaban J connectivity index is 2.51. The fourth-order valence-corrected chi connectivity index (χ4v) is 1.76. The van der Waals surface area contributed by atoms with Crippen molar-refractivity contribution in [2.24, 2.45) is 0 Å². The van der Waals surface area contributed by atoms with Crippen molar-refractivity contribution in [1.82, 2.24) is 10.2 Å². The van der Waals surface area contributed by atoms with Crippen LogP contribution < -0.4 is 0 Å². The van der Waals surface area contributed by atoms with E-state index in [-0.39, 0.29) is 22.5 Å². The highest BCUT2D eigenvalue weighted by Gasteiger charge is 2.37. The van der Waals surface area contributed by atoms with Gasteiger partial charge in [-0.1, -0.05) is 12.1 Å². The molecule has 0 aliphatic heterocycles. The van der Waals surface area contributed by atoms with E-state index in [1.165, 1.54) is 31.2 Å². The maximum absolute atomic E-state index is 12.9. The molecule has 2 N–H and O–H groups in total. The average Bonchev–Trinajstić information content (AvgIpc) is 2.71. The first-order valence-electron chi connectivity index (χ1n) is 5.26. The Morgan fingerprint density at radius 2 is 1.84 bits per heavy atom. The maximum Gasteiger partial charge on any atom is 0.420 e. The zero-order chi connectivity index (χ0) is 14.2. The van der Waals surface area contributed by atoms with Crippen LogP contribution in [0.2, 0.25) is 0 Å². The lowest BCUT2D eigenvalue weighted by atomic mass is 10.0. The quantitative estimate of drug-likeness (QED) is 0.881. The molecular formula is C12H9F3N2O2. The second-order valence-corrected chi connectivity index (χ2v) is 3.95. The minimum Gasteiger partial charge on any atom is -0.478 e. The van der Waals surface area contributed by atoms with Crippen LogP contribution in [-0.2, 0) is 6.18 Å². The fourth-order valence-electron chi connectivity index (χ4n) is 1.76. The average molecular weight is 270 g/mol. The summed E-state index contributed by atoms with van der Waals surface area (Å²) in [6.45, 7) is 1.28. The molecule has 0 saturated heterocycles. The third kappa shape index (κ3) is 2.44. The van der Waals surface area contributed by atoms with E-state index in [0.29, 0.717) is 0 Å². The first kappa shape index (κ1) is 13.1. The summed E-state index contributed by atoms with van der Waals surface area (Å²) in [5.41, 5.74) is -0.937. The third-order valence-electron chi connectivity index (χ3n) is 2.64. The van der Waals surface area contributed by atoms with E-state index in [0.717, 1.165) is 0 Å². The van der Waals surface area contributed by atoms with E-state index in [1.807, 2.05) is 0 Å². The van der Waals surface area contributed by atoms with Gasteiger partial charge in [-0.15, -0.1) is 0 Å². The summed E-state index contributed by atoms with van der Waals surface area (Å²) < 4.78 is 38.6. The number of nitrogens with one attached hydrogen (secondary N) is 1. The topological polar surface area (TPSA) is 66.0 Å². The number of hydrogen-bond acceptors (Lipinski definition) is 2. The molecule has 1 heterocycles. The number of nitrogens with zero attached hydrogens (tertiary/aromatic N) is 1. The van der Waals surface area contributed by atoms with Gasteiger partial charge < -0.3 is 5.11 Å². The Morgan fingerprint density at radius 3 is 2.32 bits per heavy atom. The summed E-state index contributed by atoms with van der Waals surface area (Å²) in [5.74, 6) is -1.14. The van der Waals surface area contributed by atoms with Crippen LogP contribution in [0.3, 0.4) is 0 Å². The van der Waals surface area contributed by atoms with Crippen molar-refractivity contribution in [3.8, 4) is 11.3 Å². The van der Waals surface area contributed by atoms with Gasteiger partial charge in [0.15, 0.2) is 0 Å². The largest absolute Gasteiger partial charge is 0.478 e. The summed E-state index contributed by atoms with van der Waals surface area (Å²) in [5, 5.41) is 14.7. The van der Waals surface area contributed by atoms with E-state index < -0.39 is 17.7 Å². The number of halogens is 3. The molecule has 0 unspecified atom stereocenters. The minimum absolute atomic E-state index is 0.00423. The van der Waals surface area contributed by atoms with Crippen LogP contribution in [0.4, 0.5) is 13.2 Å². The first-order valence-corrected chi connectivity index (χ1v) is 5.26. The van der Waals surface area contributed by atoms with Gasteiger partial charge >= 0.3 is 12.1 Å². The van der Waals surface area contributed by atoms with Gasteiger partial charge in [-0.2, -0.15) is 18.3 Å². The van der Waals surface area contributed by atoms with E-state index in [4.69, 9.17) is 5.11 Å². The number of rotatable bonds is 2. The molecule has 0 aliphatic carbocycles. The lowest BCUT2D eigenvalue weighted by Crippen LogP contribution is -2.07. The Hall–Kier alpha value is -2.31. The number of hydrogen-bond donors (Lipinski definition) is 2. The number of H-pyrrole nitrogens is 1. The number of aromatic nitrogens is 2. The highest BCUT2D eigenvalue weighted by molar-refractivity contribution is 5.88. The van der Waals surface area contributed by atoms with Crippen LogP contribution in [0, 0.1) is 6.92 Å². The van der Waals surface area contributed by atoms with Gasteiger partial charge in [-0.3, -0.25) is 5.10 Å². The molecule has 2 aromatic rings. The van der Waals surface area contributed by atoms with Gasteiger partial charge in [-0.25, -0.2) is 4.79 Å². The van der Waals surface area contributed by atoms with Gasteiger partial charge in [0.25, 0.3) is 0 Å². The summed E-state index contributed by atoms with van der Waals surface area (Å²) in [6, 6.07) is 5.08. The molecule has 2 rings (SSSR count). The van der Waals surface area contributed by atoms with Gasteiger partial charge in [0.2, 0.25) is 0 Å². The molecule has 100 valence electrons. The molecule has 0 radical (unpaired) electrons. The van der Waals surface area contributed by atoms with Crippen molar-refractivity contribution in [2.75, 3.05) is 0 Å². The number of alkyl halides is 3. The zero-order valence-corrected chi connectivity index (χ0v) is 9.75. The number of carbonyl (C=O) groups is 1. The maximum atomic E-state index is 12.9.